The summed E-state index contributed by atoms with van der Waals surface area (Å²) in [5.41, 5.74) is 0.833. The molecule has 0 unspecified atom stereocenters. The number of carbonyl (C=O) groups excluding carboxylic acids is 1. The lowest BCUT2D eigenvalue weighted by Crippen LogP contribution is -2.39. The number of likely N-dealkylation sites (tertiary alicyclic amines) is 1. The quantitative estimate of drug-likeness (QED) is 0.831. The van der Waals surface area contributed by atoms with Crippen molar-refractivity contribution in [1.29, 1.82) is 0 Å². The largest absolute Gasteiger partial charge is 0.382 e. The molecule has 2 heterocycles. The van der Waals surface area contributed by atoms with E-state index in [0.717, 1.165) is 18.8 Å². The van der Waals surface area contributed by atoms with Gasteiger partial charge in [0.05, 0.1) is 24.9 Å². The molecule has 0 radical (unpaired) electrons. The molecule has 1 amide bonds. The molecule has 1 fully saturated rings. The summed E-state index contributed by atoms with van der Waals surface area (Å²) < 4.78 is 5.16. The van der Waals surface area contributed by atoms with E-state index < -0.39 is 0 Å². The molecule has 0 saturated carbocycles. The molecule has 1 saturated heterocycles. The third-order valence-electron chi connectivity index (χ3n) is 3.28. The summed E-state index contributed by atoms with van der Waals surface area (Å²) in [6.07, 6.45) is 4.11. The predicted octanol–water partition coefficient (Wildman–Crippen LogP) is 0.981. The van der Waals surface area contributed by atoms with Gasteiger partial charge in [-0.3, -0.25) is 14.7 Å². The number of nitrogens with one attached hydrogen (secondary N) is 1. The van der Waals surface area contributed by atoms with Crippen molar-refractivity contribution in [2.24, 2.45) is 0 Å². The van der Waals surface area contributed by atoms with Crippen LogP contribution in [-0.2, 0) is 9.53 Å². The van der Waals surface area contributed by atoms with E-state index in [0.29, 0.717) is 13.2 Å². The van der Waals surface area contributed by atoms with E-state index in [2.05, 4.69) is 15.2 Å². The number of amides is 1. The second-order valence-electron chi connectivity index (χ2n) is 4.81. The van der Waals surface area contributed by atoms with Gasteiger partial charge in [0.15, 0.2) is 0 Å². The molecular weight excluding hydrogens is 242 g/mol. The van der Waals surface area contributed by atoms with Gasteiger partial charge in [-0.25, -0.2) is 0 Å². The summed E-state index contributed by atoms with van der Waals surface area (Å²) in [5.74, 6) is 0.0367. The number of rotatable bonds is 6. The fraction of sp³-hybridized carbons (Fsp3) is 0.571. The normalized spacial score (nSPS) is 17.3. The number of hydrogen-bond donors (Lipinski definition) is 1. The molecule has 19 heavy (non-hydrogen) atoms. The molecule has 5 heteroatoms. The second kappa shape index (κ2) is 7.21. The van der Waals surface area contributed by atoms with Crippen LogP contribution in [0.25, 0.3) is 0 Å². The van der Waals surface area contributed by atoms with Gasteiger partial charge in [0, 0.05) is 13.3 Å². The minimum atomic E-state index is -0.179. The third-order valence-corrected chi connectivity index (χ3v) is 3.28. The molecule has 0 aliphatic carbocycles. The van der Waals surface area contributed by atoms with E-state index in [-0.39, 0.29) is 11.9 Å². The van der Waals surface area contributed by atoms with Crippen molar-refractivity contribution in [3.63, 3.8) is 0 Å². The Kier molecular flexibility index (Phi) is 5.30. The van der Waals surface area contributed by atoms with Gasteiger partial charge in [-0.1, -0.05) is 6.07 Å². The number of aromatic nitrogens is 1. The molecule has 0 bridgehead atoms. The first-order valence-electron chi connectivity index (χ1n) is 6.71. The topological polar surface area (TPSA) is 54.5 Å². The molecule has 0 aromatic carbocycles. The van der Waals surface area contributed by atoms with Gasteiger partial charge >= 0.3 is 0 Å². The predicted molar refractivity (Wildman–Crippen MR) is 72.7 cm³/mol. The first kappa shape index (κ1) is 14.0. The van der Waals surface area contributed by atoms with Crippen LogP contribution >= 0.6 is 0 Å². The minimum Gasteiger partial charge on any atom is -0.382 e. The Morgan fingerprint density at radius 1 is 1.47 bits per heavy atom. The van der Waals surface area contributed by atoms with Crippen LogP contribution in [0.5, 0.6) is 0 Å². The van der Waals surface area contributed by atoms with Crippen molar-refractivity contribution in [3.05, 3.63) is 30.1 Å². The number of hydrogen-bond acceptors (Lipinski definition) is 4. The number of ether oxygens (including phenoxy) is 1. The molecule has 1 atom stereocenters. The van der Waals surface area contributed by atoms with Gasteiger partial charge in [0.1, 0.15) is 0 Å². The van der Waals surface area contributed by atoms with E-state index in [1.165, 1.54) is 12.8 Å². The zero-order valence-electron chi connectivity index (χ0n) is 11.3. The van der Waals surface area contributed by atoms with Crippen molar-refractivity contribution >= 4 is 5.91 Å². The first-order valence-corrected chi connectivity index (χ1v) is 6.71. The Labute approximate surface area is 114 Å². The highest BCUT2D eigenvalue weighted by Gasteiger charge is 2.19. The van der Waals surface area contributed by atoms with Crippen LogP contribution in [0.2, 0.25) is 0 Å². The van der Waals surface area contributed by atoms with Crippen molar-refractivity contribution in [2.75, 3.05) is 33.4 Å². The molecule has 0 spiro atoms. The van der Waals surface area contributed by atoms with Gasteiger partial charge < -0.3 is 10.1 Å². The maximum absolute atomic E-state index is 12.0. The molecular formula is C14H21N3O2. The van der Waals surface area contributed by atoms with E-state index >= 15 is 0 Å². The van der Waals surface area contributed by atoms with Crippen LogP contribution < -0.4 is 5.32 Å². The zero-order chi connectivity index (χ0) is 13.5. The van der Waals surface area contributed by atoms with E-state index in [4.69, 9.17) is 4.74 Å². The average molecular weight is 263 g/mol. The van der Waals surface area contributed by atoms with Gasteiger partial charge in [-0.05, 0) is 38.1 Å². The summed E-state index contributed by atoms with van der Waals surface area (Å²) in [4.78, 5) is 18.5. The monoisotopic (exact) mass is 263 g/mol. The summed E-state index contributed by atoms with van der Waals surface area (Å²) >= 11 is 0. The molecule has 1 N–H and O–H groups in total. The average Bonchev–Trinajstić information content (AvgIpc) is 2.92. The van der Waals surface area contributed by atoms with Gasteiger partial charge in [-0.15, -0.1) is 0 Å². The fourth-order valence-corrected chi connectivity index (χ4v) is 2.33. The van der Waals surface area contributed by atoms with Crippen molar-refractivity contribution in [1.82, 2.24) is 15.2 Å². The standard InChI is InChI=1S/C14H21N3O2/c1-19-11-13(12-6-2-3-7-15-12)16-14(18)10-17-8-4-5-9-17/h2-3,6-7,13H,4-5,8-11H2,1H3,(H,16,18)/t13-/m0/s1. The summed E-state index contributed by atoms with van der Waals surface area (Å²) in [6, 6.07) is 5.50. The van der Waals surface area contributed by atoms with Crippen molar-refractivity contribution < 1.29 is 9.53 Å². The Morgan fingerprint density at radius 3 is 2.89 bits per heavy atom. The Morgan fingerprint density at radius 2 is 2.26 bits per heavy atom. The zero-order valence-corrected chi connectivity index (χ0v) is 11.3. The Bertz CT molecular complexity index is 391. The highest BCUT2D eigenvalue weighted by atomic mass is 16.5. The lowest BCUT2D eigenvalue weighted by molar-refractivity contribution is -0.123. The first-order chi connectivity index (χ1) is 9.29. The van der Waals surface area contributed by atoms with Gasteiger partial charge in [0.25, 0.3) is 0 Å². The second-order valence-corrected chi connectivity index (χ2v) is 4.81. The summed E-state index contributed by atoms with van der Waals surface area (Å²) in [5, 5.41) is 2.99. The maximum Gasteiger partial charge on any atom is 0.234 e. The summed E-state index contributed by atoms with van der Waals surface area (Å²) in [7, 11) is 1.63. The molecule has 1 aliphatic rings. The number of methoxy groups -OCH3 is 1. The van der Waals surface area contributed by atoms with Crippen LogP contribution in [-0.4, -0.2) is 49.1 Å². The van der Waals surface area contributed by atoms with Gasteiger partial charge in [-0.2, -0.15) is 0 Å². The van der Waals surface area contributed by atoms with Crippen LogP contribution in [0.3, 0.4) is 0 Å². The van der Waals surface area contributed by atoms with Crippen LogP contribution in [0.15, 0.2) is 24.4 Å². The summed E-state index contributed by atoms with van der Waals surface area (Å²) in [6.45, 7) is 2.94. The molecule has 1 aromatic rings. The number of nitrogens with zero attached hydrogens (tertiary/aromatic N) is 2. The molecule has 5 nitrogen and oxygen atoms in total. The SMILES string of the molecule is COC[C@H](NC(=O)CN1CCCC1)c1ccccn1. The van der Waals surface area contributed by atoms with E-state index in [1.807, 2.05) is 18.2 Å². The molecule has 2 rings (SSSR count). The van der Waals surface area contributed by atoms with Crippen LogP contribution in [0, 0.1) is 0 Å². The van der Waals surface area contributed by atoms with Crippen molar-refractivity contribution in [3.8, 4) is 0 Å². The molecule has 1 aliphatic heterocycles. The highest BCUT2D eigenvalue weighted by Crippen LogP contribution is 2.11. The Balaban J connectivity index is 1.90. The minimum absolute atomic E-state index is 0.0367. The van der Waals surface area contributed by atoms with Crippen molar-refractivity contribution in [2.45, 2.75) is 18.9 Å². The Hall–Kier alpha value is -1.46. The van der Waals surface area contributed by atoms with Crippen LogP contribution in [0.1, 0.15) is 24.6 Å². The van der Waals surface area contributed by atoms with E-state index in [1.54, 1.807) is 13.3 Å². The third kappa shape index (κ3) is 4.29. The smallest absolute Gasteiger partial charge is 0.234 e. The number of pyridine rings is 1. The van der Waals surface area contributed by atoms with E-state index in [9.17, 15) is 4.79 Å². The number of carbonyl (C=O) groups is 1. The van der Waals surface area contributed by atoms with Crippen LogP contribution in [0.4, 0.5) is 0 Å². The van der Waals surface area contributed by atoms with Gasteiger partial charge in [0.2, 0.25) is 5.91 Å². The lowest BCUT2D eigenvalue weighted by Gasteiger charge is -2.20. The molecule has 1 aromatic heterocycles. The fourth-order valence-electron chi connectivity index (χ4n) is 2.33. The molecule has 104 valence electrons. The highest BCUT2D eigenvalue weighted by molar-refractivity contribution is 5.78. The maximum atomic E-state index is 12.0. The lowest BCUT2D eigenvalue weighted by atomic mass is 10.2.